The Labute approximate surface area is 125 Å². The van der Waals surface area contributed by atoms with Gasteiger partial charge in [-0.2, -0.15) is 15.0 Å². The maximum absolute atomic E-state index is 5.84. The molecule has 1 aromatic carbocycles. The number of nitrogens with zero attached hydrogens (tertiary/aromatic N) is 4. The van der Waals surface area contributed by atoms with Crippen LogP contribution in [0.15, 0.2) is 18.2 Å². The van der Waals surface area contributed by atoms with Crippen molar-refractivity contribution >= 4 is 11.9 Å². The molecule has 0 atom stereocenters. The fourth-order valence-corrected chi connectivity index (χ4v) is 1.76. The van der Waals surface area contributed by atoms with Crippen molar-refractivity contribution in [1.29, 1.82) is 0 Å². The largest absolute Gasteiger partial charge is 0.424 e. The Hall–Kier alpha value is -2.37. The predicted molar refractivity (Wildman–Crippen MR) is 84.3 cm³/mol. The van der Waals surface area contributed by atoms with Crippen molar-refractivity contribution in [3.8, 4) is 11.8 Å². The van der Waals surface area contributed by atoms with Crippen molar-refractivity contribution in [2.75, 3.05) is 30.9 Å². The molecule has 0 bridgehead atoms. The molecule has 0 spiro atoms. The molecule has 2 rings (SSSR count). The standard InChI is InChI=1S/C15H21N5O/c1-6-16-13-17-14(20(4)5)19-15(18-13)21-12-9-7-8-10(2)11(12)3/h7-9H,6H2,1-5H3,(H,16,17,18,19). The van der Waals surface area contributed by atoms with Crippen LogP contribution in [0.5, 0.6) is 11.8 Å². The number of aryl methyl sites for hydroxylation is 1. The predicted octanol–water partition coefficient (Wildman–Crippen LogP) is 2.78. The van der Waals surface area contributed by atoms with E-state index in [1.54, 1.807) is 0 Å². The molecule has 2 aromatic rings. The second kappa shape index (κ2) is 6.39. The van der Waals surface area contributed by atoms with E-state index in [1.165, 1.54) is 5.56 Å². The van der Waals surface area contributed by atoms with Crippen LogP contribution in [0.3, 0.4) is 0 Å². The van der Waals surface area contributed by atoms with Gasteiger partial charge in [0.25, 0.3) is 0 Å². The third-order valence-electron chi connectivity index (χ3n) is 3.09. The van der Waals surface area contributed by atoms with Gasteiger partial charge in [0.2, 0.25) is 11.9 Å². The molecule has 0 fully saturated rings. The first kappa shape index (κ1) is 15.0. The van der Waals surface area contributed by atoms with Crippen LogP contribution in [0.1, 0.15) is 18.1 Å². The Bertz CT molecular complexity index is 627. The number of nitrogens with one attached hydrogen (secondary N) is 1. The van der Waals surface area contributed by atoms with E-state index in [9.17, 15) is 0 Å². The Morgan fingerprint density at radius 3 is 2.57 bits per heavy atom. The maximum atomic E-state index is 5.84. The van der Waals surface area contributed by atoms with Crippen molar-refractivity contribution in [3.05, 3.63) is 29.3 Å². The zero-order valence-corrected chi connectivity index (χ0v) is 13.1. The highest BCUT2D eigenvalue weighted by molar-refractivity contribution is 5.42. The number of anilines is 2. The Morgan fingerprint density at radius 1 is 1.14 bits per heavy atom. The molecular formula is C15H21N5O. The van der Waals surface area contributed by atoms with Crippen molar-refractivity contribution in [2.45, 2.75) is 20.8 Å². The van der Waals surface area contributed by atoms with E-state index in [0.717, 1.165) is 17.9 Å². The molecule has 0 amide bonds. The SMILES string of the molecule is CCNc1nc(Oc2cccc(C)c2C)nc(N(C)C)n1. The molecule has 0 aliphatic heterocycles. The Morgan fingerprint density at radius 2 is 1.90 bits per heavy atom. The van der Waals surface area contributed by atoms with E-state index >= 15 is 0 Å². The quantitative estimate of drug-likeness (QED) is 0.912. The van der Waals surface area contributed by atoms with Crippen LogP contribution in [0.2, 0.25) is 0 Å². The average Bonchev–Trinajstić information content (AvgIpc) is 2.44. The number of ether oxygens (including phenoxy) is 1. The molecule has 0 radical (unpaired) electrons. The molecule has 0 saturated carbocycles. The van der Waals surface area contributed by atoms with Crippen LogP contribution in [-0.2, 0) is 0 Å². The van der Waals surface area contributed by atoms with E-state index in [4.69, 9.17) is 4.74 Å². The minimum atomic E-state index is 0.290. The summed E-state index contributed by atoms with van der Waals surface area (Å²) in [6, 6.07) is 6.20. The van der Waals surface area contributed by atoms with Gasteiger partial charge in [0.15, 0.2) is 0 Å². The summed E-state index contributed by atoms with van der Waals surface area (Å²) in [5, 5.41) is 3.09. The summed E-state index contributed by atoms with van der Waals surface area (Å²) < 4.78 is 5.84. The first-order valence-electron chi connectivity index (χ1n) is 6.92. The molecule has 21 heavy (non-hydrogen) atoms. The van der Waals surface area contributed by atoms with Crippen molar-refractivity contribution in [3.63, 3.8) is 0 Å². The van der Waals surface area contributed by atoms with Gasteiger partial charge in [-0.3, -0.25) is 0 Å². The first-order chi connectivity index (χ1) is 10.0. The summed E-state index contributed by atoms with van der Waals surface area (Å²) in [6.45, 7) is 6.79. The maximum Gasteiger partial charge on any atom is 0.328 e. The van der Waals surface area contributed by atoms with Gasteiger partial charge >= 0.3 is 6.01 Å². The zero-order chi connectivity index (χ0) is 15.4. The van der Waals surface area contributed by atoms with Crippen molar-refractivity contribution in [2.24, 2.45) is 0 Å². The summed E-state index contributed by atoms with van der Waals surface area (Å²) in [4.78, 5) is 14.7. The van der Waals surface area contributed by atoms with Crippen LogP contribution >= 0.6 is 0 Å². The highest BCUT2D eigenvalue weighted by Gasteiger charge is 2.11. The molecule has 0 aliphatic carbocycles. The lowest BCUT2D eigenvalue weighted by Gasteiger charge is -2.14. The van der Waals surface area contributed by atoms with Gasteiger partial charge in [0, 0.05) is 20.6 Å². The monoisotopic (exact) mass is 287 g/mol. The second-order valence-corrected chi connectivity index (χ2v) is 4.97. The molecule has 0 unspecified atom stereocenters. The van der Waals surface area contributed by atoms with Crippen LogP contribution in [0.25, 0.3) is 0 Å². The van der Waals surface area contributed by atoms with Crippen LogP contribution in [0, 0.1) is 13.8 Å². The van der Waals surface area contributed by atoms with Gasteiger partial charge in [0.05, 0.1) is 0 Å². The van der Waals surface area contributed by atoms with Crippen LogP contribution < -0.4 is 15.0 Å². The van der Waals surface area contributed by atoms with Crippen LogP contribution in [-0.4, -0.2) is 35.6 Å². The normalized spacial score (nSPS) is 10.3. The van der Waals surface area contributed by atoms with Crippen LogP contribution in [0.4, 0.5) is 11.9 Å². The fraction of sp³-hybridized carbons (Fsp3) is 0.400. The second-order valence-electron chi connectivity index (χ2n) is 4.97. The summed E-state index contributed by atoms with van der Waals surface area (Å²) >= 11 is 0. The van der Waals surface area contributed by atoms with Gasteiger partial charge in [-0.15, -0.1) is 0 Å². The topological polar surface area (TPSA) is 63.2 Å². The van der Waals surface area contributed by atoms with Gasteiger partial charge in [-0.25, -0.2) is 0 Å². The highest BCUT2D eigenvalue weighted by Crippen LogP contribution is 2.25. The van der Waals surface area contributed by atoms with Gasteiger partial charge < -0.3 is 15.0 Å². The van der Waals surface area contributed by atoms with Gasteiger partial charge in [0.1, 0.15) is 5.75 Å². The molecular weight excluding hydrogens is 266 g/mol. The number of benzene rings is 1. The summed E-state index contributed by atoms with van der Waals surface area (Å²) in [6.07, 6.45) is 0. The van der Waals surface area contributed by atoms with E-state index in [-0.39, 0.29) is 0 Å². The number of aromatic nitrogens is 3. The minimum absolute atomic E-state index is 0.290. The molecule has 112 valence electrons. The van der Waals surface area contributed by atoms with Crippen molar-refractivity contribution in [1.82, 2.24) is 15.0 Å². The summed E-state index contributed by atoms with van der Waals surface area (Å²) in [5.41, 5.74) is 2.25. The third-order valence-corrected chi connectivity index (χ3v) is 3.09. The molecule has 6 nitrogen and oxygen atoms in total. The number of rotatable bonds is 5. The molecule has 6 heteroatoms. The lowest BCUT2D eigenvalue weighted by atomic mass is 10.1. The minimum Gasteiger partial charge on any atom is -0.424 e. The highest BCUT2D eigenvalue weighted by atomic mass is 16.5. The molecule has 1 aromatic heterocycles. The average molecular weight is 287 g/mol. The Balaban J connectivity index is 2.36. The molecule has 0 saturated heterocycles. The number of hydrogen-bond donors (Lipinski definition) is 1. The smallest absolute Gasteiger partial charge is 0.328 e. The van der Waals surface area contributed by atoms with E-state index < -0.39 is 0 Å². The third kappa shape index (κ3) is 3.59. The van der Waals surface area contributed by atoms with Crippen molar-refractivity contribution < 1.29 is 4.74 Å². The first-order valence-corrected chi connectivity index (χ1v) is 6.92. The summed E-state index contributed by atoms with van der Waals surface area (Å²) in [5.74, 6) is 1.83. The molecule has 0 aliphatic rings. The van der Waals surface area contributed by atoms with Gasteiger partial charge in [-0.1, -0.05) is 12.1 Å². The fourth-order valence-electron chi connectivity index (χ4n) is 1.76. The van der Waals surface area contributed by atoms with E-state index in [1.807, 2.05) is 58.0 Å². The van der Waals surface area contributed by atoms with E-state index in [2.05, 4.69) is 20.3 Å². The van der Waals surface area contributed by atoms with E-state index in [0.29, 0.717) is 17.9 Å². The molecule has 1 heterocycles. The lowest BCUT2D eigenvalue weighted by molar-refractivity contribution is 0.437. The zero-order valence-electron chi connectivity index (χ0n) is 13.1. The number of hydrogen-bond acceptors (Lipinski definition) is 6. The Kier molecular flexibility index (Phi) is 4.57. The lowest BCUT2D eigenvalue weighted by Crippen LogP contribution is -2.15. The summed E-state index contributed by atoms with van der Waals surface area (Å²) in [7, 11) is 3.76. The molecule has 1 N–H and O–H groups in total. The van der Waals surface area contributed by atoms with Gasteiger partial charge in [-0.05, 0) is 38.0 Å².